The summed E-state index contributed by atoms with van der Waals surface area (Å²) < 4.78 is 5.16. The van der Waals surface area contributed by atoms with Crippen molar-refractivity contribution in [3.05, 3.63) is 0 Å². The summed E-state index contributed by atoms with van der Waals surface area (Å²) in [5, 5.41) is 18.7. The van der Waals surface area contributed by atoms with Crippen LogP contribution in [0.3, 0.4) is 0 Å². The number of hydrogen-bond acceptors (Lipinski definition) is 6. The molecule has 0 radical (unpaired) electrons. The number of carbonyl (C=O) groups excluding carboxylic acids is 4. The predicted octanol–water partition coefficient (Wildman–Crippen LogP) is 1.16. The highest BCUT2D eigenvalue weighted by Crippen LogP contribution is 2.12. The van der Waals surface area contributed by atoms with Crippen molar-refractivity contribution < 1.29 is 33.8 Å². The van der Waals surface area contributed by atoms with Crippen LogP contribution in [0.25, 0.3) is 0 Å². The number of carbonyl (C=O) groups is 5. The summed E-state index contributed by atoms with van der Waals surface area (Å²) in [4.78, 5) is 59.7. The lowest BCUT2D eigenvalue weighted by Gasteiger charge is -2.23. The monoisotopic (exact) mass is 472 g/mol. The van der Waals surface area contributed by atoms with Crippen molar-refractivity contribution in [1.82, 2.24) is 21.3 Å². The van der Waals surface area contributed by atoms with Crippen molar-refractivity contribution in [2.75, 3.05) is 13.1 Å². The molecule has 0 heterocycles. The van der Waals surface area contributed by atoms with Gasteiger partial charge in [-0.2, -0.15) is 0 Å². The Kier molecular flexibility index (Phi) is 13.1. The number of alkyl carbamates (subject to hydrolysis) is 1. The fourth-order valence-corrected chi connectivity index (χ4v) is 2.90. The van der Waals surface area contributed by atoms with Gasteiger partial charge in [-0.1, -0.05) is 20.8 Å². The van der Waals surface area contributed by atoms with Gasteiger partial charge in [-0.05, 0) is 52.9 Å². The van der Waals surface area contributed by atoms with Gasteiger partial charge in [0.2, 0.25) is 17.7 Å². The molecule has 190 valence electrons. The number of rotatable bonds is 13. The fourth-order valence-electron chi connectivity index (χ4n) is 2.90. The Balaban J connectivity index is 5.00. The quantitative estimate of drug-likeness (QED) is 0.251. The molecule has 33 heavy (non-hydrogen) atoms. The molecule has 1 unspecified atom stereocenters. The van der Waals surface area contributed by atoms with Crippen molar-refractivity contribution in [3.8, 4) is 0 Å². The zero-order valence-electron chi connectivity index (χ0n) is 20.7. The number of carboxylic acids is 1. The van der Waals surface area contributed by atoms with Crippen LogP contribution in [0.5, 0.6) is 0 Å². The van der Waals surface area contributed by atoms with Crippen LogP contribution in [0, 0.1) is 11.8 Å². The summed E-state index contributed by atoms with van der Waals surface area (Å²) in [7, 11) is 0. The first-order valence-electron chi connectivity index (χ1n) is 11.2. The van der Waals surface area contributed by atoms with E-state index in [1.165, 1.54) is 6.92 Å². The first kappa shape index (κ1) is 30.1. The molecule has 0 aromatic rings. The number of carboxylic acid groups (broad SMARTS) is 1. The maximum Gasteiger partial charge on any atom is 0.407 e. The number of amides is 4. The number of aliphatic carboxylic acids is 1. The normalized spacial score (nSPS) is 13.9. The molecule has 0 aromatic carbocycles. The van der Waals surface area contributed by atoms with Crippen LogP contribution in [0.15, 0.2) is 0 Å². The van der Waals surface area contributed by atoms with E-state index >= 15 is 0 Å². The van der Waals surface area contributed by atoms with Crippen LogP contribution < -0.4 is 21.3 Å². The number of nitrogens with one attached hydrogen (secondary N) is 4. The third kappa shape index (κ3) is 14.8. The van der Waals surface area contributed by atoms with Gasteiger partial charge < -0.3 is 31.1 Å². The molecular weight excluding hydrogens is 432 g/mol. The van der Waals surface area contributed by atoms with Crippen molar-refractivity contribution in [3.63, 3.8) is 0 Å². The van der Waals surface area contributed by atoms with Gasteiger partial charge in [0, 0.05) is 12.5 Å². The van der Waals surface area contributed by atoms with Crippen molar-refractivity contribution in [2.45, 2.75) is 85.4 Å². The third-order valence-electron chi connectivity index (χ3n) is 4.41. The van der Waals surface area contributed by atoms with E-state index in [0.717, 1.165) is 0 Å². The zero-order chi connectivity index (χ0) is 25.8. The second-order valence-corrected chi connectivity index (χ2v) is 9.50. The minimum Gasteiger partial charge on any atom is -0.480 e. The van der Waals surface area contributed by atoms with Gasteiger partial charge in [-0.3, -0.25) is 19.2 Å². The molecule has 0 saturated heterocycles. The predicted molar refractivity (Wildman–Crippen MR) is 122 cm³/mol. The highest BCUT2D eigenvalue weighted by molar-refractivity contribution is 5.92. The van der Waals surface area contributed by atoms with Gasteiger partial charge >= 0.3 is 12.1 Å². The van der Waals surface area contributed by atoms with E-state index in [1.807, 2.05) is 13.8 Å². The van der Waals surface area contributed by atoms with E-state index in [9.17, 15) is 24.0 Å². The summed E-state index contributed by atoms with van der Waals surface area (Å²) in [6, 6.07) is -1.92. The smallest absolute Gasteiger partial charge is 0.407 e. The van der Waals surface area contributed by atoms with E-state index < -0.39 is 48.1 Å². The van der Waals surface area contributed by atoms with Gasteiger partial charge in [0.1, 0.15) is 24.2 Å². The standard InChI is InChI=1S/C22H40N4O7/c1-13(2)11-14(3)18(29)26-16(9-8-10-23-21(32)33-22(5,6)7)20(31)25-15(4)19(30)24-12-17(27)28/h13-16H,8-12H2,1-7H3,(H,23,32)(H,24,30)(H,25,31)(H,26,29)(H,27,28)/t14?,15-,16-/m1/s1. The third-order valence-corrected chi connectivity index (χ3v) is 4.41. The Morgan fingerprint density at radius 1 is 0.879 bits per heavy atom. The minimum absolute atomic E-state index is 0.214. The summed E-state index contributed by atoms with van der Waals surface area (Å²) >= 11 is 0. The Morgan fingerprint density at radius 3 is 2.00 bits per heavy atom. The van der Waals surface area contributed by atoms with Gasteiger partial charge in [0.15, 0.2) is 0 Å². The molecule has 0 aliphatic heterocycles. The van der Waals surface area contributed by atoms with Gasteiger partial charge in [-0.15, -0.1) is 0 Å². The molecule has 0 aliphatic carbocycles. The highest BCUT2D eigenvalue weighted by Gasteiger charge is 2.26. The molecule has 0 bridgehead atoms. The van der Waals surface area contributed by atoms with E-state index in [1.54, 1.807) is 27.7 Å². The first-order chi connectivity index (χ1) is 15.1. The molecule has 0 saturated carbocycles. The second kappa shape index (κ2) is 14.3. The lowest BCUT2D eigenvalue weighted by atomic mass is 9.97. The Labute approximate surface area is 195 Å². The van der Waals surface area contributed by atoms with E-state index in [4.69, 9.17) is 9.84 Å². The molecule has 0 rings (SSSR count). The lowest BCUT2D eigenvalue weighted by molar-refractivity contribution is -0.138. The van der Waals surface area contributed by atoms with Gasteiger partial charge in [-0.25, -0.2) is 4.79 Å². The maximum absolute atomic E-state index is 12.8. The van der Waals surface area contributed by atoms with Crippen molar-refractivity contribution in [2.24, 2.45) is 11.8 Å². The molecule has 5 N–H and O–H groups in total. The Hall–Kier alpha value is -2.85. The average Bonchev–Trinajstić information content (AvgIpc) is 2.65. The van der Waals surface area contributed by atoms with E-state index in [-0.39, 0.29) is 24.8 Å². The Morgan fingerprint density at radius 2 is 1.48 bits per heavy atom. The van der Waals surface area contributed by atoms with E-state index in [2.05, 4.69) is 21.3 Å². The van der Waals surface area contributed by atoms with Crippen LogP contribution in [0.2, 0.25) is 0 Å². The zero-order valence-corrected chi connectivity index (χ0v) is 20.7. The fraction of sp³-hybridized carbons (Fsp3) is 0.773. The van der Waals surface area contributed by atoms with Crippen molar-refractivity contribution >= 4 is 29.8 Å². The molecule has 0 spiro atoms. The molecule has 4 amide bonds. The van der Waals surface area contributed by atoms with Crippen LogP contribution in [0.4, 0.5) is 4.79 Å². The Bertz CT molecular complexity index is 689. The summed E-state index contributed by atoms with van der Waals surface area (Å²) in [6.07, 6.45) is 0.650. The van der Waals surface area contributed by atoms with Crippen LogP contribution in [0.1, 0.15) is 67.7 Å². The topological polar surface area (TPSA) is 163 Å². The molecule has 0 aliphatic rings. The van der Waals surface area contributed by atoms with Crippen molar-refractivity contribution in [1.29, 1.82) is 0 Å². The van der Waals surface area contributed by atoms with Gasteiger partial charge in [0.25, 0.3) is 0 Å². The summed E-state index contributed by atoms with van der Waals surface area (Å²) in [5.74, 6) is -2.73. The van der Waals surface area contributed by atoms with Crippen LogP contribution >= 0.6 is 0 Å². The lowest BCUT2D eigenvalue weighted by Crippen LogP contribution is -2.53. The van der Waals surface area contributed by atoms with Crippen LogP contribution in [-0.2, 0) is 23.9 Å². The molecule has 11 nitrogen and oxygen atoms in total. The summed E-state index contributed by atoms with van der Waals surface area (Å²) in [6.45, 7) is 12.1. The average molecular weight is 473 g/mol. The number of ether oxygens (including phenoxy) is 1. The minimum atomic E-state index is -1.20. The molecule has 11 heteroatoms. The SMILES string of the molecule is CC(C)CC(C)C(=O)N[C@H](CCCNC(=O)OC(C)(C)C)C(=O)N[C@H](C)C(=O)NCC(=O)O. The van der Waals surface area contributed by atoms with Gasteiger partial charge in [0.05, 0.1) is 0 Å². The molecular formula is C22H40N4O7. The second-order valence-electron chi connectivity index (χ2n) is 9.50. The largest absolute Gasteiger partial charge is 0.480 e. The number of hydrogen-bond donors (Lipinski definition) is 5. The van der Waals surface area contributed by atoms with Crippen LogP contribution in [-0.4, -0.2) is 65.7 Å². The van der Waals surface area contributed by atoms with E-state index in [0.29, 0.717) is 18.8 Å². The molecule has 3 atom stereocenters. The molecule has 0 fully saturated rings. The highest BCUT2D eigenvalue weighted by atomic mass is 16.6. The summed E-state index contributed by atoms with van der Waals surface area (Å²) in [5.41, 5.74) is -0.635. The first-order valence-corrected chi connectivity index (χ1v) is 11.2. The maximum atomic E-state index is 12.8. The molecule has 0 aromatic heterocycles.